The van der Waals surface area contributed by atoms with Gasteiger partial charge in [0.2, 0.25) is 5.91 Å². The number of rotatable bonds is 3. The summed E-state index contributed by atoms with van der Waals surface area (Å²) in [4.78, 5) is 25.6. The van der Waals surface area contributed by atoms with Gasteiger partial charge in [-0.15, -0.1) is 0 Å². The van der Waals surface area contributed by atoms with E-state index >= 15 is 0 Å². The summed E-state index contributed by atoms with van der Waals surface area (Å²) >= 11 is 0. The van der Waals surface area contributed by atoms with Gasteiger partial charge in [0, 0.05) is 24.2 Å². The van der Waals surface area contributed by atoms with Crippen molar-refractivity contribution >= 4 is 17.6 Å². The fraction of sp³-hybridized carbons (Fsp3) is 0.500. The highest BCUT2D eigenvalue weighted by atomic mass is 16.4. The molecular weight excluding hydrogens is 268 g/mol. The molecule has 1 aromatic carbocycles. The van der Waals surface area contributed by atoms with Crippen molar-refractivity contribution in [3.63, 3.8) is 0 Å². The second-order valence-corrected chi connectivity index (χ2v) is 6.15. The predicted molar refractivity (Wildman–Crippen MR) is 79.5 cm³/mol. The lowest BCUT2D eigenvalue weighted by molar-refractivity contribution is -0.120. The van der Waals surface area contributed by atoms with Crippen molar-refractivity contribution in [3.8, 4) is 0 Å². The number of carbonyl (C=O) groups excluding carboxylic acids is 1. The number of hydrogen-bond acceptors (Lipinski definition) is 3. The average molecular weight is 288 g/mol. The third-order valence-electron chi connectivity index (χ3n) is 4.63. The van der Waals surface area contributed by atoms with E-state index < -0.39 is 5.97 Å². The molecule has 0 unspecified atom stereocenters. The average Bonchev–Trinajstić information content (AvgIpc) is 2.44. The van der Waals surface area contributed by atoms with Gasteiger partial charge in [0.1, 0.15) is 0 Å². The predicted octanol–water partition coefficient (Wildman–Crippen LogP) is 1.94. The molecule has 1 aliphatic heterocycles. The lowest BCUT2D eigenvalue weighted by Gasteiger charge is -2.40. The SMILES string of the molecule is NC1(CC(=O)N2CCCc3c(C(=O)O)cccc32)CCC1. The highest BCUT2D eigenvalue weighted by Gasteiger charge is 2.37. The number of nitrogens with zero attached hydrogens (tertiary/aromatic N) is 1. The molecule has 1 fully saturated rings. The maximum atomic E-state index is 12.5. The van der Waals surface area contributed by atoms with Crippen molar-refractivity contribution in [1.29, 1.82) is 0 Å². The molecule has 112 valence electrons. The Morgan fingerprint density at radius 1 is 1.29 bits per heavy atom. The summed E-state index contributed by atoms with van der Waals surface area (Å²) in [5.41, 5.74) is 7.63. The summed E-state index contributed by atoms with van der Waals surface area (Å²) in [5, 5.41) is 9.28. The second kappa shape index (κ2) is 5.15. The first kappa shape index (κ1) is 14.1. The smallest absolute Gasteiger partial charge is 0.336 e. The Kier molecular flexibility index (Phi) is 3.45. The maximum absolute atomic E-state index is 12.5. The van der Waals surface area contributed by atoms with Gasteiger partial charge in [-0.3, -0.25) is 4.79 Å². The van der Waals surface area contributed by atoms with Crippen LogP contribution < -0.4 is 10.6 Å². The van der Waals surface area contributed by atoms with Gasteiger partial charge >= 0.3 is 5.97 Å². The quantitative estimate of drug-likeness (QED) is 0.890. The molecular formula is C16H20N2O3. The van der Waals surface area contributed by atoms with Crippen molar-refractivity contribution in [1.82, 2.24) is 0 Å². The van der Waals surface area contributed by atoms with Crippen molar-refractivity contribution in [3.05, 3.63) is 29.3 Å². The molecule has 0 bridgehead atoms. The number of fused-ring (bicyclic) bond motifs is 1. The molecule has 0 radical (unpaired) electrons. The van der Waals surface area contributed by atoms with Crippen LogP contribution in [0.3, 0.4) is 0 Å². The molecule has 3 N–H and O–H groups in total. The first-order valence-corrected chi connectivity index (χ1v) is 7.45. The summed E-state index contributed by atoms with van der Waals surface area (Å²) in [6.45, 7) is 0.644. The Labute approximate surface area is 123 Å². The van der Waals surface area contributed by atoms with Crippen molar-refractivity contribution in [2.75, 3.05) is 11.4 Å². The van der Waals surface area contributed by atoms with Crippen LogP contribution in [0.5, 0.6) is 0 Å². The molecule has 0 aromatic heterocycles. The van der Waals surface area contributed by atoms with Crippen LogP contribution in [-0.4, -0.2) is 29.1 Å². The van der Waals surface area contributed by atoms with Gasteiger partial charge < -0.3 is 15.7 Å². The normalized spacial score (nSPS) is 19.6. The molecule has 5 nitrogen and oxygen atoms in total. The molecule has 1 saturated carbocycles. The Morgan fingerprint density at radius 3 is 2.67 bits per heavy atom. The van der Waals surface area contributed by atoms with Crippen LogP contribution in [0, 0.1) is 0 Å². The highest BCUT2D eigenvalue weighted by Crippen LogP contribution is 2.35. The number of carbonyl (C=O) groups is 2. The highest BCUT2D eigenvalue weighted by molar-refractivity contribution is 5.98. The minimum atomic E-state index is -0.935. The topological polar surface area (TPSA) is 83.6 Å². The largest absolute Gasteiger partial charge is 0.478 e. The van der Waals surface area contributed by atoms with E-state index in [0.29, 0.717) is 24.9 Å². The standard InChI is InChI=1S/C16H20N2O3/c17-16(7-3-8-16)10-14(19)18-9-2-5-11-12(15(20)21)4-1-6-13(11)18/h1,4,6H,2-3,5,7-10,17H2,(H,20,21). The zero-order chi connectivity index (χ0) is 15.0. The maximum Gasteiger partial charge on any atom is 0.336 e. The lowest BCUT2D eigenvalue weighted by Crippen LogP contribution is -2.51. The van der Waals surface area contributed by atoms with Gasteiger partial charge in [0.25, 0.3) is 0 Å². The molecule has 1 amide bonds. The molecule has 21 heavy (non-hydrogen) atoms. The van der Waals surface area contributed by atoms with E-state index in [9.17, 15) is 14.7 Å². The lowest BCUT2D eigenvalue weighted by atomic mass is 9.75. The number of amides is 1. The van der Waals surface area contributed by atoms with Crippen LogP contribution in [0.25, 0.3) is 0 Å². The molecule has 1 heterocycles. The summed E-state index contributed by atoms with van der Waals surface area (Å²) in [7, 11) is 0. The number of carboxylic acid groups (broad SMARTS) is 1. The van der Waals surface area contributed by atoms with Crippen LogP contribution in [-0.2, 0) is 11.2 Å². The molecule has 2 aliphatic rings. The molecule has 0 saturated heterocycles. The summed E-state index contributed by atoms with van der Waals surface area (Å²) in [6.07, 6.45) is 4.73. The van der Waals surface area contributed by atoms with Crippen LogP contribution in [0.4, 0.5) is 5.69 Å². The molecule has 1 aliphatic carbocycles. The van der Waals surface area contributed by atoms with Gasteiger partial charge in [0.05, 0.1) is 5.56 Å². The number of benzene rings is 1. The summed E-state index contributed by atoms with van der Waals surface area (Å²) < 4.78 is 0. The van der Waals surface area contributed by atoms with Crippen LogP contribution in [0.15, 0.2) is 18.2 Å². The first-order valence-electron chi connectivity index (χ1n) is 7.45. The minimum absolute atomic E-state index is 0.0145. The number of anilines is 1. The summed E-state index contributed by atoms with van der Waals surface area (Å²) in [6, 6.07) is 5.14. The minimum Gasteiger partial charge on any atom is -0.478 e. The van der Waals surface area contributed by atoms with Gasteiger partial charge in [-0.1, -0.05) is 6.07 Å². The molecule has 5 heteroatoms. The van der Waals surface area contributed by atoms with Gasteiger partial charge in [-0.2, -0.15) is 0 Å². The fourth-order valence-electron chi connectivity index (χ4n) is 3.29. The molecule has 0 spiro atoms. The van der Waals surface area contributed by atoms with Crippen molar-refractivity contribution in [2.45, 2.75) is 44.1 Å². The van der Waals surface area contributed by atoms with E-state index in [4.69, 9.17) is 5.73 Å². The second-order valence-electron chi connectivity index (χ2n) is 6.15. The molecule has 0 atom stereocenters. The van der Waals surface area contributed by atoms with E-state index in [1.165, 1.54) is 0 Å². The zero-order valence-electron chi connectivity index (χ0n) is 12.0. The van der Waals surface area contributed by atoms with E-state index in [0.717, 1.165) is 36.9 Å². The van der Waals surface area contributed by atoms with Crippen LogP contribution in [0.1, 0.15) is 48.0 Å². The van der Waals surface area contributed by atoms with Gasteiger partial charge in [-0.05, 0) is 49.8 Å². The molecule has 3 rings (SSSR count). The van der Waals surface area contributed by atoms with E-state index in [-0.39, 0.29) is 11.4 Å². The van der Waals surface area contributed by atoms with Gasteiger partial charge in [-0.25, -0.2) is 4.79 Å². The van der Waals surface area contributed by atoms with Crippen molar-refractivity contribution < 1.29 is 14.7 Å². The first-order chi connectivity index (χ1) is 10.0. The third-order valence-corrected chi connectivity index (χ3v) is 4.63. The van der Waals surface area contributed by atoms with Gasteiger partial charge in [0.15, 0.2) is 0 Å². The Hall–Kier alpha value is -1.88. The van der Waals surface area contributed by atoms with E-state index in [1.54, 1.807) is 17.0 Å². The summed E-state index contributed by atoms with van der Waals surface area (Å²) in [5.74, 6) is -0.920. The number of aromatic carboxylic acids is 1. The number of carboxylic acids is 1. The zero-order valence-corrected chi connectivity index (χ0v) is 12.0. The van der Waals surface area contributed by atoms with Crippen molar-refractivity contribution in [2.24, 2.45) is 5.73 Å². The Morgan fingerprint density at radius 2 is 2.05 bits per heavy atom. The Balaban J connectivity index is 1.88. The molecule has 1 aromatic rings. The Bertz CT molecular complexity index is 593. The monoisotopic (exact) mass is 288 g/mol. The fourth-order valence-corrected chi connectivity index (χ4v) is 3.29. The number of hydrogen-bond donors (Lipinski definition) is 2. The van der Waals surface area contributed by atoms with E-state index in [2.05, 4.69) is 0 Å². The van der Waals surface area contributed by atoms with E-state index in [1.807, 2.05) is 6.07 Å². The third kappa shape index (κ3) is 2.53. The van der Waals surface area contributed by atoms with Crippen LogP contribution >= 0.6 is 0 Å². The number of nitrogens with two attached hydrogens (primary N) is 1. The van der Waals surface area contributed by atoms with Crippen LogP contribution in [0.2, 0.25) is 0 Å².